The number of aliphatic hydroxyl groups excluding tert-OH is 1. The molecule has 6 nitrogen and oxygen atoms in total. The van der Waals surface area contributed by atoms with Gasteiger partial charge in [0.1, 0.15) is 29.9 Å². The van der Waals surface area contributed by atoms with Gasteiger partial charge < -0.3 is 14.8 Å². The first-order chi connectivity index (χ1) is 12.5. The predicted octanol–water partition coefficient (Wildman–Crippen LogP) is 3.49. The largest absolute Gasteiger partial charge is 0.507 e. The van der Waals surface area contributed by atoms with E-state index < -0.39 is 30.0 Å². The third-order valence-electron chi connectivity index (χ3n) is 3.46. The summed E-state index contributed by atoms with van der Waals surface area (Å²) in [5, 5.41) is 19.3. The molecule has 130 valence electrons. The number of carbonyl (C=O) groups excluding carboxylic acids is 1. The number of nitrogens with zero attached hydrogens (tertiary/aromatic N) is 2. The highest BCUT2D eigenvalue weighted by atomic mass is 19.1. The lowest BCUT2D eigenvalue weighted by atomic mass is 10.2. The first-order valence-electron chi connectivity index (χ1n) is 7.38. The Kier molecular flexibility index (Phi) is 4.62. The molecule has 0 saturated carbocycles. The average Bonchev–Trinajstić information content (AvgIpc) is 3.03. The zero-order valence-corrected chi connectivity index (χ0v) is 13.2. The van der Waals surface area contributed by atoms with Gasteiger partial charge in [-0.1, -0.05) is 12.1 Å². The summed E-state index contributed by atoms with van der Waals surface area (Å²) < 4.78 is 31.1. The number of imidazole rings is 1. The number of fused-ring (bicyclic) bond motifs is 1. The third kappa shape index (κ3) is 3.52. The average molecular weight is 355 g/mol. The van der Waals surface area contributed by atoms with E-state index in [1.165, 1.54) is 0 Å². The summed E-state index contributed by atoms with van der Waals surface area (Å²) in [5.74, 6) is -3.35. The molecule has 3 rings (SSSR count). The van der Waals surface area contributed by atoms with Crippen LogP contribution in [0.1, 0.15) is 16.2 Å². The highest BCUT2D eigenvalue weighted by Gasteiger charge is 2.16. The summed E-state index contributed by atoms with van der Waals surface area (Å²) in [6.45, 7) is -0.656. The van der Waals surface area contributed by atoms with E-state index in [0.717, 1.165) is 12.1 Å². The van der Waals surface area contributed by atoms with Gasteiger partial charge in [-0.3, -0.25) is 0 Å². The molecule has 0 radical (unpaired) electrons. The Hall–Kier alpha value is -3.73. The second kappa shape index (κ2) is 7.03. The molecule has 0 aliphatic carbocycles. The Bertz CT molecular complexity index is 1010. The van der Waals surface area contributed by atoms with E-state index >= 15 is 0 Å². The molecule has 3 aromatic rings. The van der Waals surface area contributed by atoms with Gasteiger partial charge in [-0.05, 0) is 24.3 Å². The van der Waals surface area contributed by atoms with Crippen LogP contribution in [0.5, 0.6) is 0 Å². The number of hydrogen-bond acceptors (Lipinski definition) is 5. The maximum atomic E-state index is 13.1. The first-order valence-corrected chi connectivity index (χ1v) is 7.38. The number of para-hydroxylation sites is 2. The molecule has 0 bridgehead atoms. The van der Waals surface area contributed by atoms with Crippen molar-refractivity contribution in [2.24, 2.45) is 0 Å². The van der Waals surface area contributed by atoms with Gasteiger partial charge in [0.05, 0.1) is 16.6 Å². The molecular weight excluding hydrogens is 344 g/mol. The molecule has 26 heavy (non-hydrogen) atoms. The van der Waals surface area contributed by atoms with Crippen LogP contribution in [0, 0.1) is 23.0 Å². The molecule has 0 atom stereocenters. The number of aromatic nitrogens is 2. The van der Waals surface area contributed by atoms with E-state index in [-0.39, 0.29) is 17.0 Å². The summed E-state index contributed by atoms with van der Waals surface area (Å²) in [6, 6.07) is 11.0. The van der Waals surface area contributed by atoms with Crippen molar-refractivity contribution in [2.45, 2.75) is 0 Å². The van der Waals surface area contributed by atoms with Crippen molar-refractivity contribution in [3.8, 4) is 6.07 Å². The van der Waals surface area contributed by atoms with E-state index in [9.17, 15) is 23.9 Å². The number of carbonyl (C=O) groups is 1. The van der Waals surface area contributed by atoms with E-state index in [0.29, 0.717) is 17.1 Å². The van der Waals surface area contributed by atoms with Crippen LogP contribution in [0.4, 0.5) is 8.78 Å². The van der Waals surface area contributed by atoms with Crippen LogP contribution in [0.2, 0.25) is 0 Å². The number of benzene rings is 2. The third-order valence-corrected chi connectivity index (χ3v) is 3.46. The van der Waals surface area contributed by atoms with Crippen molar-refractivity contribution in [3.63, 3.8) is 0 Å². The molecule has 0 aliphatic rings. The highest BCUT2D eigenvalue weighted by Crippen LogP contribution is 2.19. The second-order valence-electron chi connectivity index (χ2n) is 5.27. The molecule has 2 N–H and O–H groups in total. The highest BCUT2D eigenvalue weighted by molar-refractivity contribution is 5.89. The Labute approximate surface area is 146 Å². The lowest BCUT2D eigenvalue weighted by Crippen LogP contribution is -2.10. The molecule has 1 aromatic heterocycles. The van der Waals surface area contributed by atoms with Gasteiger partial charge in [0.25, 0.3) is 0 Å². The van der Waals surface area contributed by atoms with Gasteiger partial charge in [-0.2, -0.15) is 5.26 Å². The van der Waals surface area contributed by atoms with Crippen LogP contribution in [-0.4, -0.2) is 27.7 Å². The van der Waals surface area contributed by atoms with Crippen molar-refractivity contribution in [3.05, 3.63) is 71.2 Å². The topological polar surface area (TPSA) is 99.0 Å². The van der Waals surface area contributed by atoms with Gasteiger partial charge >= 0.3 is 5.97 Å². The fourth-order valence-electron chi connectivity index (χ4n) is 2.29. The number of nitrogens with one attached hydrogen (secondary N) is 1. The van der Waals surface area contributed by atoms with Crippen LogP contribution in [-0.2, 0) is 4.74 Å². The fourth-order valence-corrected chi connectivity index (χ4v) is 2.29. The first kappa shape index (κ1) is 17.1. The molecule has 0 amide bonds. The molecule has 0 spiro atoms. The van der Waals surface area contributed by atoms with Gasteiger partial charge in [0.15, 0.2) is 11.6 Å². The minimum absolute atomic E-state index is 0.110. The van der Waals surface area contributed by atoms with E-state index in [1.54, 1.807) is 30.3 Å². The summed E-state index contributed by atoms with van der Waals surface area (Å²) in [7, 11) is 0. The van der Waals surface area contributed by atoms with Gasteiger partial charge in [0.2, 0.25) is 0 Å². The van der Waals surface area contributed by atoms with E-state index in [4.69, 9.17) is 4.74 Å². The SMILES string of the molecule is N#CC(=C(O)COC(=O)c1cc(F)cc(F)c1)c1nc2ccccc2[nH]1. The Morgan fingerprint density at radius 2 is 1.92 bits per heavy atom. The van der Waals surface area contributed by atoms with Gasteiger partial charge in [0, 0.05) is 6.07 Å². The molecule has 8 heteroatoms. The monoisotopic (exact) mass is 355 g/mol. The smallest absolute Gasteiger partial charge is 0.338 e. The van der Waals surface area contributed by atoms with Crippen molar-refractivity contribution in [2.75, 3.05) is 6.61 Å². The van der Waals surface area contributed by atoms with Gasteiger partial charge in [-0.25, -0.2) is 18.6 Å². The number of halogens is 2. The molecular formula is C18H11F2N3O3. The van der Waals surface area contributed by atoms with Crippen LogP contribution in [0.15, 0.2) is 48.2 Å². The van der Waals surface area contributed by atoms with Crippen LogP contribution < -0.4 is 0 Å². The summed E-state index contributed by atoms with van der Waals surface area (Å²) in [6.07, 6.45) is 0. The van der Waals surface area contributed by atoms with Crippen LogP contribution in [0.3, 0.4) is 0 Å². The number of nitriles is 1. The standard InChI is InChI=1S/C18H11F2N3O3/c19-11-5-10(6-12(20)7-11)18(25)26-9-16(24)13(8-21)17-22-14-3-1-2-4-15(14)23-17/h1-7,24H,9H2,(H,22,23). The lowest BCUT2D eigenvalue weighted by Gasteiger charge is -2.06. The molecule has 0 fully saturated rings. The zero-order valence-electron chi connectivity index (χ0n) is 13.2. The van der Waals surface area contributed by atoms with E-state index in [2.05, 4.69) is 9.97 Å². The maximum Gasteiger partial charge on any atom is 0.338 e. The second-order valence-corrected chi connectivity index (χ2v) is 5.27. The number of hydrogen-bond donors (Lipinski definition) is 2. The molecule has 0 saturated heterocycles. The summed E-state index contributed by atoms with van der Waals surface area (Å²) >= 11 is 0. The Morgan fingerprint density at radius 3 is 2.58 bits per heavy atom. The van der Waals surface area contributed by atoms with Crippen LogP contribution in [0.25, 0.3) is 16.6 Å². The van der Waals surface area contributed by atoms with Crippen molar-refractivity contribution < 1.29 is 23.4 Å². The summed E-state index contributed by atoms with van der Waals surface area (Å²) in [4.78, 5) is 18.9. The number of allylic oxidation sites excluding steroid dienone is 1. The quantitative estimate of drug-likeness (QED) is 0.424. The van der Waals surface area contributed by atoms with Crippen molar-refractivity contribution in [1.82, 2.24) is 9.97 Å². The minimum Gasteiger partial charge on any atom is -0.507 e. The summed E-state index contributed by atoms with van der Waals surface area (Å²) in [5.41, 5.74) is 0.697. The predicted molar refractivity (Wildman–Crippen MR) is 87.9 cm³/mol. The number of ether oxygens (including phenoxy) is 1. The van der Waals surface area contributed by atoms with Crippen molar-refractivity contribution >= 4 is 22.6 Å². The number of esters is 1. The molecule has 2 aromatic carbocycles. The fraction of sp³-hybridized carbons (Fsp3) is 0.0556. The zero-order chi connectivity index (χ0) is 18.7. The normalized spacial score (nSPS) is 11.7. The number of rotatable bonds is 4. The Morgan fingerprint density at radius 1 is 1.23 bits per heavy atom. The number of H-pyrrole nitrogens is 1. The Balaban J connectivity index is 1.80. The molecule has 0 unspecified atom stereocenters. The van der Waals surface area contributed by atoms with Gasteiger partial charge in [-0.15, -0.1) is 0 Å². The number of aliphatic hydroxyl groups is 1. The van der Waals surface area contributed by atoms with Crippen LogP contribution >= 0.6 is 0 Å². The minimum atomic E-state index is -1.04. The van der Waals surface area contributed by atoms with E-state index in [1.807, 2.05) is 0 Å². The number of aromatic amines is 1. The molecule has 0 aliphatic heterocycles. The maximum absolute atomic E-state index is 13.1. The molecule has 1 heterocycles. The lowest BCUT2D eigenvalue weighted by molar-refractivity contribution is 0.0501. The van der Waals surface area contributed by atoms with Crippen molar-refractivity contribution in [1.29, 1.82) is 5.26 Å².